The van der Waals surface area contributed by atoms with E-state index in [9.17, 15) is 0 Å². The Morgan fingerprint density at radius 2 is 1.73 bits per heavy atom. The van der Waals surface area contributed by atoms with Gasteiger partial charge in [0.2, 0.25) is 5.88 Å². The number of hydrogen-bond acceptors (Lipinski definition) is 2. The predicted octanol–water partition coefficient (Wildman–Crippen LogP) is 4.18. The minimum Gasteiger partial charge on any atom is -0.437 e. The van der Waals surface area contributed by atoms with Crippen LogP contribution in [-0.4, -0.2) is 4.98 Å². The van der Waals surface area contributed by atoms with Gasteiger partial charge in [-0.25, -0.2) is 4.98 Å². The first-order valence-electron chi connectivity index (χ1n) is 4.30. The van der Waals surface area contributed by atoms with Gasteiger partial charge in [0.25, 0.3) is 0 Å². The summed E-state index contributed by atoms with van der Waals surface area (Å²) in [6.07, 6.45) is 1.55. The van der Waals surface area contributed by atoms with Crippen molar-refractivity contribution in [3.63, 3.8) is 0 Å². The minimum absolute atomic E-state index is 0.315. The van der Waals surface area contributed by atoms with Crippen molar-refractivity contribution in [1.82, 2.24) is 4.98 Å². The van der Waals surface area contributed by atoms with Crippen LogP contribution in [0, 0.1) is 0 Å². The maximum absolute atomic E-state index is 5.92. The van der Waals surface area contributed by atoms with Crippen LogP contribution in [0.15, 0.2) is 42.6 Å². The zero-order valence-corrected chi connectivity index (χ0v) is 9.16. The lowest BCUT2D eigenvalue weighted by molar-refractivity contribution is 0.463. The van der Waals surface area contributed by atoms with Crippen molar-refractivity contribution in [3.8, 4) is 11.6 Å². The minimum atomic E-state index is 0.315. The van der Waals surface area contributed by atoms with Crippen LogP contribution in [0.4, 0.5) is 0 Å². The number of para-hydroxylation sites is 1. The van der Waals surface area contributed by atoms with Crippen LogP contribution in [0.2, 0.25) is 10.0 Å². The Kier molecular flexibility index (Phi) is 3.09. The molecule has 0 unspecified atom stereocenters. The van der Waals surface area contributed by atoms with E-state index in [0.717, 1.165) is 0 Å². The van der Waals surface area contributed by atoms with Gasteiger partial charge in [-0.1, -0.05) is 41.4 Å². The van der Waals surface area contributed by atoms with E-state index in [-0.39, 0.29) is 0 Å². The van der Waals surface area contributed by atoms with Crippen molar-refractivity contribution in [1.29, 1.82) is 0 Å². The molecule has 0 aliphatic heterocycles. The lowest BCUT2D eigenvalue weighted by Crippen LogP contribution is -1.88. The summed E-state index contributed by atoms with van der Waals surface area (Å²) in [5.41, 5.74) is 0. The average Bonchev–Trinajstić information content (AvgIpc) is 2.26. The van der Waals surface area contributed by atoms with Gasteiger partial charge in [0.1, 0.15) is 10.8 Å². The Hall–Kier alpha value is -1.25. The number of rotatable bonds is 2. The lowest BCUT2D eigenvalue weighted by Gasteiger charge is -2.06. The molecule has 2 aromatic rings. The second-order valence-electron chi connectivity index (χ2n) is 2.83. The van der Waals surface area contributed by atoms with E-state index in [0.29, 0.717) is 21.7 Å². The van der Waals surface area contributed by atoms with Gasteiger partial charge in [-0.3, -0.25) is 0 Å². The Morgan fingerprint density at radius 1 is 1.00 bits per heavy atom. The lowest BCUT2D eigenvalue weighted by atomic mass is 10.3. The molecule has 4 heteroatoms. The second-order valence-corrected chi connectivity index (χ2v) is 3.61. The molecule has 0 bridgehead atoms. The van der Waals surface area contributed by atoms with Crippen molar-refractivity contribution >= 4 is 23.2 Å². The molecule has 0 spiro atoms. The van der Waals surface area contributed by atoms with Crippen LogP contribution >= 0.6 is 23.2 Å². The maximum Gasteiger partial charge on any atom is 0.239 e. The summed E-state index contributed by atoms with van der Waals surface area (Å²) in [4.78, 5) is 4.00. The molecule has 2 nitrogen and oxygen atoms in total. The van der Waals surface area contributed by atoms with Crippen LogP contribution in [0.3, 0.4) is 0 Å². The number of pyridine rings is 1. The topological polar surface area (TPSA) is 22.1 Å². The molecule has 0 N–H and O–H groups in total. The number of benzene rings is 1. The van der Waals surface area contributed by atoms with E-state index in [2.05, 4.69) is 4.98 Å². The smallest absolute Gasteiger partial charge is 0.239 e. The Bertz CT molecular complexity index is 459. The molecule has 1 heterocycles. The molecule has 0 aliphatic carbocycles. The summed E-state index contributed by atoms with van der Waals surface area (Å²) in [7, 11) is 0. The quantitative estimate of drug-likeness (QED) is 0.785. The van der Waals surface area contributed by atoms with Crippen molar-refractivity contribution in [2.24, 2.45) is 0 Å². The molecule has 0 saturated heterocycles. The average molecular weight is 240 g/mol. The van der Waals surface area contributed by atoms with E-state index in [1.54, 1.807) is 12.3 Å². The van der Waals surface area contributed by atoms with E-state index in [1.807, 2.05) is 30.3 Å². The normalized spacial score (nSPS) is 10.0. The van der Waals surface area contributed by atoms with Gasteiger partial charge < -0.3 is 4.74 Å². The van der Waals surface area contributed by atoms with Crippen LogP contribution in [0.1, 0.15) is 0 Å². The fourth-order valence-electron chi connectivity index (χ4n) is 1.07. The molecule has 76 valence electrons. The first kappa shape index (κ1) is 10.3. The molecule has 0 saturated carbocycles. The molecule has 0 radical (unpaired) electrons. The van der Waals surface area contributed by atoms with Crippen molar-refractivity contribution in [2.45, 2.75) is 0 Å². The van der Waals surface area contributed by atoms with E-state index in [1.165, 1.54) is 0 Å². The molecule has 0 fully saturated rings. The van der Waals surface area contributed by atoms with E-state index < -0.39 is 0 Å². The molecule has 15 heavy (non-hydrogen) atoms. The second kappa shape index (κ2) is 4.51. The summed E-state index contributed by atoms with van der Waals surface area (Å²) in [5, 5.41) is 0.751. The highest BCUT2D eigenvalue weighted by atomic mass is 35.5. The predicted molar refractivity (Wildman–Crippen MR) is 60.8 cm³/mol. The standard InChI is InChI=1S/C11H7Cl2NO/c12-9-6-7-14-11(10(9)13)15-8-4-2-1-3-5-8/h1-7H. The Morgan fingerprint density at radius 3 is 2.47 bits per heavy atom. The highest BCUT2D eigenvalue weighted by Gasteiger charge is 2.07. The zero-order valence-electron chi connectivity index (χ0n) is 7.65. The molecule has 0 amide bonds. The summed E-state index contributed by atoms with van der Waals surface area (Å²) < 4.78 is 5.46. The van der Waals surface area contributed by atoms with Crippen LogP contribution < -0.4 is 4.74 Å². The van der Waals surface area contributed by atoms with Crippen molar-refractivity contribution < 1.29 is 4.74 Å². The molecule has 2 rings (SSSR count). The number of halogens is 2. The SMILES string of the molecule is Clc1ccnc(Oc2ccccc2)c1Cl. The molecular weight excluding hydrogens is 233 g/mol. The number of ether oxygens (including phenoxy) is 1. The van der Waals surface area contributed by atoms with Gasteiger partial charge in [-0.05, 0) is 18.2 Å². The molecule has 0 atom stereocenters. The molecule has 0 aliphatic rings. The van der Waals surface area contributed by atoms with Gasteiger partial charge in [-0.15, -0.1) is 0 Å². The summed E-state index contributed by atoms with van der Waals surface area (Å²) in [6.45, 7) is 0. The van der Waals surface area contributed by atoms with E-state index >= 15 is 0 Å². The number of aromatic nitrogens is 1. The molecule has 1 aromatic carbocycles. The van der Waals surface area contributed by atoms with Crippen molar-refractivity contribution in [2.75, 3.05) is 0 Å². The molecule has 1 aromatic heterocycles. The van der Waals surface area contributed by atoms with Crippen LogP contribution in [-0.2, 0) is 0 Å². The molecular formula is C11H7Cl2NO. The third-order valence-corrected chi connectivity index (χ3v) is 2.54. The van der Waals surface area contributed by atoms with Crippen molar-refractivity contribution in [3.05, 3.63) is 52.6 Å². The van der Waals surface area contributed by atoms with Gasteiger partial charge in [0.05, 0.1) is 5.02 Å². The highest BCUT2D eigenvalue weighted by molar-refractivity contribution is 6.42. The largest absolute Gasteiger partial charge is 0.437 e. The summed E-state index contributed by atoms with van der Waals surface area (Å²) in [6, 6.07) is 10.9. The van der Waals surface area contributed by atoms with Crippen LogP contribution in [0.5, 0.6) is 11.6 Å². The van der Waals surface area contributed by atoms with Crippen LogP contribution in [0.25, 0.3) is 0 Å². The Balaban J connectivity index is 2.29. The van der Waals surface area contributed by atoms with Gasteiger partial charge >= 0.3 is 0 Å². The first-order chi connectivity index (χ1) is 7.27. The monoisotopic (exact) mass is 239 g/mol. The maximum atomic E-state index is 5.92. The summed E-state index contributed by atoms with van der Waals surface area (Å²) >= 11 is 11.8. The highest BCUT2D eigenvalue weighted by Crippen LogP contribution is 2.32. The fourth-order valence-corrected chi connectivity index (χ4v) is 1.36. The summed E-state index contributed by atoms with van der Waals surface area (Å²) in [5.74, 6) is 0.990. The van der Waals surface area contributed by atoms with Gasteiger partial charge in [0, 0.05) is 6.20 Å². The van der Waals surface area contributed by atoms with Gasteiger partial charge in [-0.2, -0.15) is 0 Å². The van der Waals surface area contributed by atoms with Gasteiger partial charge in [0.15, 0.2) is 0 Å². The zero-order chi connectivity index (χ0) is 10.7. The first-order valence-corrected chi connectivity index (χ1v) is 5.06. The number of hydrogen-bond donors (Lipinski definition) is 0. The van der Waals surface area contributed by atoms with E-state index in [4.69, 9.17) is 27.9 Å². The Labute approximate surface area is 97.4 Å². The fraction of sp³-hybridized carbons (Fsp3) is 0. The number of nitrogens with zero attached hydrogens (tertiary/aromatic N) is 1. The third-order valence-electron chi connectivity index (χ3n) is 1.77. The third kappa shape index (κ3) is 2.41.